The summed E-state index contributed by atoms with van der Waals surface area (Å²) in [5.74, 6) is 3.84. The molecule has 1 saturated heterocycles. The SMILES string of the molecule is Cc1nc(CN[C@@H]2CCCN(Cc3noc(C4CC4)n3)C2)oc1C. The van der Waals surface area contributed by atoms with Gasteiger partial charge in [-0.05, 0) is 46.1 Å². The van der Waals surface area contributed by atoms with E-state index in [9.17, 15) is 0 Å². The lowest BCUT2D eigenvalue weighted by Gasteiger charge is -2.32. The van der Waals surface area contributed by atoms with Crippen molar-refractivity contribution in [3.05, 3.63) is 29.1 Å². The molecule has 0 aromatic carbocycles. The molecule has 24 heavy (non-hydrogen) atoms. The molecule has 1 aliphatic heterocycles. The maximum absolute atomic E-state index is 5.64. The summed E-state index contributed by atoms with van der Waals surface area (Å²) in [7, 11) is 0. The van der Waals surface area contributed by atoms with Gasteiger partial charge in [-0.3, -0.25) is 4.90 Å². The summed E-state index contributed by atoms with van der Waals surface area (Å²) in [5.41, 5.74) is 0.973. The van der Waals surface area contributed by atoms with Gasteiger partial charge in [-0.2, -0.15) is 4.98 Å². The molecule has 3 heterocycles. The Labute approximate surface area is 141 Å². The van der Waals surface area contributed by atoms with Gasteiger partial charge >= 0.3 is 0 Å². The second-order valence-electron chi connectivity index (χ2n) is 7.03. The van der Waals surface area contributed by atoms with Gasteiger partial charge in [0.2, 0.25) is 11.8 Å². The van der Waals surface area contributed by atoms with Gasteiger partial charge in [0.1, 0.15) is 5.76 Å². The Balaban J connectivity index is 1.28. The molecule has 0 unspecified atom stereocenters. The largest absolute Gasteiger partial charge is 0.444 e. The van der Waals surface area contributed by atoms with Gasteiger partial charge < -0.3 is 14.3 Å². The number of nitrogens with one attached hydrogen (secondary N) is 1. The third-order valence-corrected chi connectivity index (χ3v) is 4.90. The van der Waals surface area contributed by atoms with E-state index in [4.69, 9.17) is 8.94 Å². The number of aryl methyl sites for hydroxylation is 2. The highest BCUT2D eigenvalue weighted by atomic mass is 16.5. The van der Waals surface area contributed by atoms with Crippen LogP contribution in [0.5, 0.6) is 0 Å². The summed E-state index contributed by atoms with van der Waals surface area (Å²) in [6.07, 6.45) is 4.73. The first-order valence-electron chi connectivity index (χ1n) is 8.88. The minimum Gasteiger partial charge on any atom is -0.444 e. The van der Waals surface area contributed by atoms with Crippen LogP contribution in [0.2, 0.25) is 0 Å². The summed E-state index contributed by atoms with van der Waals surface area (Å²) in [4.78, 5) is 11.4. The van der Waals surface area contributed by atoms with Crippen LogP contribution in [0.4, 0.5) is 0 Å². The van der Waals surface area contributed by atoms with Gasteiger partial charge in [0.05, 0.1) is 18.8 Å². The Morgan fingerprint density at radius 1 is 1.21 bits per heavy atom. The molecule has 1 saturated carbocycles. The van der Waals surface area contributed by atoms with E-state index in [0.717, 1.165) is 48.7 Å². The smallest absolute Gasteiger partial charge is 0.229 e. The van der Waals surface area contributed by atoms with Crippen LogP contribution in [-0.2, 0) is 13.1 Å². The van der Waals surface area contributed by atoms with Gasteiger partial charge in [0.25, 0.3) is 0 Å². The van der Waals surface area contributed by atoms with Crippen LogP contribution in [0.25, 0.3) is 0 Å². The Kier molecular flexibility index (Phi) is 4.37. The topological polar surface area (TPSA) is 80.2 Å². The van der Waals surface area contributed by atoms with Crippen LogP contribution in [0, 0.1) is 13.8 Å². The number of aromatic nitrogens is 3. The van der Waals surface area contributed by atoms with Crippen LogP contribution >= 0.6 is 0 Å². The van der Waals surface area contributed by atoms with Gasteiger partial charge in [-0.15, -0.1) is 0 Å². The molecule has 130 valence electrons. The van der Waals surface area contributed by atoms with Crippen LogP contribution < -0.4 is 5.32 Å². The molecule has 2 aliphatic rings. The van der Waals surface area contributed by atoms with Crippen LogP contribution in [-0.4, -0.2) is 39.2 Å². The number of likely N-dealkylation sites (tertiary alicyclic amines) is 1. The Morgan fingerprint density at radius 3 is 2.83 bits per heavy atom. The van der Waals surface area contributed by atoms with E-state index in [1.165, 1.54) is 25.7 Å². The predicted molar refractivity (Wildman–Crippen MR) is 87.4 cm³/mol. The summed E-state index contributed by atoms with van der Waals surface area (Å²) in [5, 5.41) is 7.69. The Morgan fingerprint density at radius 2 is 2.08 bits per heavy atom. The molecule has 1 N–H and O–H groups in total. The van der Waals surface area contributed by atoms with E-state index in [1.54, 1.807) is 0 Å². The fourth-order valence-corrected chi connectivity index (χ4v) is 3.24. The van der Waals surface area contributed by atoms with E-state index in [0.29, 0.717) is 18.5 Å². The first kappa shape index (κ1) is 15.8. The van der Waals surface area contributed by atoms with Crippen molar-refractivity contribution in [3.63, 3.8) is 0 Å². The van der Waals surface area contributed by atoms with Crippen molar-refractivity contribution >= 4 is 0 Å². The molecule has 1 aliphatic carbocycles. The molecule has 0 bridgehead atoms. The molecular weight excluding hydrogens is 306 g/mol. The van der Waals surface area contributed by atoms with Gasteiger partial charge in [-0.25, -0.2) is 4.98 Å². The zero-order valence-corrected chi connectivity index (χ0v) is 14.4. The number of hydrogen-bond donors (Lipinski definition) is 1. The minimum atomic E-state index is 0.445. The second kappa shape index (κ2) is 6.64. The lowest BCUT2D eigenvalue weighted by Crippen LogP contribution is -2.45. The quantitative estimate of drug-likeness (QED) is 0.870. The molecule has 2 aromatic heterocycles. The van der Waals surface area contributed by atoms with E-state index in [-0.39, 0.29) is 0 Å². The van der Waals surface area contributed by atoms with Crippen molar-refractivity contribution in [2.45, 2.75) is 64.6 Å². The molecule has 7 nitrogen and oxygen atoms in total. The van der Waals surface area contributed by atoms with Crippen molar-refractivity contribution < 1.29 is 8.94 Å². The van der Waals surface area contributed by atoms with Gasteiger partial charge in [-0.1, -0.05) is 5.16 Å². The van der Waals surface area contributed by atoms with Crippen LogP contribution in [0.1, 0.15) is 60.7 Å². The van der Waals surface area contributed by atoms with Gasteiger partial charge in [0.15, 0.2) is 5.82 Å². The highest BCUT2D eigenvalue weighted by molar-refractivity contribution is 5.05. The average molecular weight is 331 g/mol. The fraction of sp³-hybridized carbons (Fsp3) is 0.706. The molecule has 0 radical (unpaired) electrons. The highest BCUT2D eigenvalue weighted by Crippen LogP contribution is 2.38. The normalized spacial score (nSPS) is 22.2. The predicted octanol–water partition coefficient (Wildman–Crippen LogP) is 2.31. The summed E-state index contributed by atoms with van der Waals surface area (Å²) in [6.45, 7) is 7.46. The van der Waals surface area contributed by atoms with E-state index in [2.05, 4.69) is 25.3 Å². The summed E-state index contributed by atoms with van der Waals surface area (Å²) in [6, 6.07) is 0.445. The van der Waals surface area contributed by atoms with Crippen molar-refractivity contribution in [2.24, 2.45) is 0 Å². The number of nitrogens with zero attached hydrogens (tertiary/aromatic N) is 4. The molecule has 1 atom stereocenters. The number of oxazole rings is 1. The third-order valence-electron chi connectivity index (χ3n) is 4.90. The molecule has 4 rings (SSSR count). The molecular formula is C17H25N5O2. The zero-order valence-electron chi connectivity index (χ0n) is 14.4. The lowest BCUT2D eigenvalue weighted by molar-refractivity contribution is 0.175. The van der Waals surface area contributed by atoms with E-state index < -0.39 is 0 Å². The number of piperidine rings is 1. The molecule has 0 amide bonds. The monoisotopic (exact) mass is 331 g/mol. The first-order valence-corrected chi connectivity index (χ1v) is 8.88. The maximum Gasteiger partial charge on any atom is 0.229 e. The first-order chi connectivity index (χ1) is 11.7. The van der Waals surface area contributed by atoms with Crippen LogP contribution in [0.15, 0.2) is 8.94 Å². The van der Waals surface area contributed by atoms with Crippen molar-refractivity contribution in [1.82, 2.24) is 25.3 Å². The van der Waals surface area contributed by atoms with Crippen LogP contribution in [0.3, 0.4) is 0 Å². The third kappa shape index (κ3) is 3.67. The summed E-state index contributed by atoms with van der Waals surface area (Å²) < 4.78 is 11.0. The molecule has 2 fully saturated rings. The lowest BCUT2D eigenvalue weighted by atomic mass is 10.1. The highest BCUT2D eigenvalue weighted by Gasteiger charge is 2.30. The Hall–Kier alpha value is -1.73. The molecule has 7 heteroatoms. The Bertz CT molecular complexity index is 671. The van der Waals surface area contributed by atoms with Crippen molar-refractivity contribution in [1.29, 1.82) is 0 Å². The zero-order chi connectivity index (χ0) is 16.5. The van der Waals surface area contributed by atoms with Gasteiger partial charge in [0, 0.05) is 18.5 Å². The van der Waals surface area contributed by atoms with E-state index in [1.807, 2.05) is 13.8 Å². The maximum atomic E-state index is 5.64. The fourth-order valence-electron chi connectivity index (χ4n) is 3.24. The summed E-state index contributed by atoms with van der Waals surface area (Å²) >= 11 is 0. The second-order valence-corrected chi connectivity index (χ2v) is 7.03. The average Bonchev–Trinajstić information content (AvgIpc) is 3.24. The molecule has 0 spiro atoms. The van der Waals surface area contributed by atoms with Crippen molar-refractivity contribution in [3.8, 4) is 0 Å². The number of hydrogen-bond acceptors (Lipinski definition) is 7. The van der Waals surface area contributed by atoms with Crippen molar-refractivity contribution in [2.75, 3.05) is 13.1 Å². The standard InChI is InChI=1S/C17H25N5O2/c1-11-12(2)23-16(19-11)8-18-14-4-3-7-22(9-14)10-15-20-17(24-21-15)13-5-6-13/h13-14,18H,3-10H2,1-2H3/t14-/m1/s1. The molecule has 2 aromatic rings. The van der Waals surface area contributed by atoms with E-state index >= 15 is 0 Å². The number of rotatable bonds is 6. The minimum absolute atomic E-state index is 0.445.